The van der Waals surface area contributed by atoms with Gasteiger partial charge in [0.15, 0.2) is 5.78 Å². The summed E-state index contributed by atoms with van der Waals surface area (Å²) in [6.07, 6.45) is 0.794. The Labute approximate surface area is 130 Å². The fraction of sp³-hybridized carbons (Fsp3) is 0.333. The number of nitrogens with one attached hydrogen (secondary N) is 1. The van der Waals surface area contributed by atoms with Crippen molar-refractivity contribution in [1.29, 1.82) is 0 Å². The van der Waals surface area contributed by atoms with E-state index >= 15 is 0 Å². The summed E-state index contributed by atoms with van der Waals surface area (Å²) in [7, 11) is 0. The fourth-order valence-corrected chi connectivity index (χ4v) is 2.34. The van der Waals surface area contributed by atoms with E-state index in [1.165, 1.54) is 6.92 Å². The van der Waals surface area contributed by atoms with Crippen molar-refractivity contribution in [2.24, 2.45) is 0 Å². The van der Waals surface area contributed by atoms with Crippen LogP contribution in [0.2, 0.25) is 0 Å². The molecule has 0 bridgehead atoms. The van der Waals surface area contributed by atoms with Crippen LogP contribution in [0, 0.1) is 20.8 Å². The lowest BCUT2D eigenvalue weighted by molar-refractivity contribution is -0.116. The van der Waals surface area contributed by atoms with Gasteiger partial charge in [-0.2, -0.15) is 0 Å². The molecule has 0 saturated heterocycles. The average molecular weight is 299 g/mol. The summed E-state index contributed by atoms with van der Waals surface area (Å²) >= 11 is 0. The topological polar surface area (TPSA) is 59.3 Å². The monoisotopic (exact) mass is 299 g/mol. The molecule has 22 heavy (non-hydrogen) atoms. The molecule has 0 radical (unpaired) electrons. The van der Waals surface area contributed by atoms with Crippen LogP contribution >= 0.6 is 0 Å². The molecule has 0 aliphatic rings. The van der Waals surface area contributed by atoms with Gasteiger partial charge in [-0.15, -0.1) is 0 Å². The van der Waals surface area contributed by atoms with Crippen molar-refractivity contribution < 1.29 is 14.0 Å². The molecule has 1 amide bonds. The summed E-state index contributed by atoms with van der Waals surface area (Å²) in [5, 5.41) is 2.92. The van der Waals surface area contributed by atoms with Crippen LogP contribution < -0.4 is 5.32 Å². The summed E-state index contributed by atoms with van der Waals surface area (Å²) in [5.41, 5.74) is 3.57. The van der Waals surface area contributed by atoms with E-state index in [9.17, 15) is 9.59 Å². The van der Waals surface area contributed by atoms with Gasteiger partial charge in [0.2, 0.25) is 5.91 Å². The average Bonchev–Trinajstić information content (AvgIpc) is 2.82. The molecule has 4 heteroatoms. The van der Waals surface area contributed by atoms with Gasteiger partial charge in [0.25, 0.3) is 0 Å². The molecule has 0 aliphatic carbocycles. The molecule has 1 N–H and O–H groups in total. The van der Waals surface area contributed by atoms with Crippen LogP contribution in [-0.2, 0) is 11.2 Å². The molecule has 2 aromatic rings. The summed E-state index contributed by atoms with van der Waals surface area (Å²) in [5.74, 6) is 1.19. The first kappa shape index (κ1) is 16.0. The van der Waals surface area contributed by atoms with E-state index in [1.807, 2.05) is 32.0 Å². The molecule has 1 heterocycles. The quantitative estimate of drug-likeness (QED) is 0.850. The number of ketones is 1. The second-order valence-electron chi connectivity index (χ2n) is 5.61. The summed E-state index contributed by atoms with van der Waals surface area (Å²) in [6.45, 7) is 7.22. The van der Waals surface area contributed by atoms with Gasteiger partial charge in [-0.3, -0.25) is 9.59 Å². The van der Waals surface area contributed by atoms with E-state index in [1.54, 1.807) is 13.0 Å². The largest absolute Gasteiger partial charge is 0.466 e. The van der Waals surface area contributed by atoms with Gasteiger partial charge in [0.05, 0.1) is 5.56 Å². The van der Waals surface area contributed by atoms with Crippen molar-refractivity contribution in [3.63, 3.8) is 0 Å². The Balaban J connectivity index is 1.97. The highest BCUT2D eigenvalue weighted by molar-refractivity contribution is 5.95. The zero-order valence-corrected chi connectivity index (χ0v) is 13.4. The number of anilines is 1. The molecular weight excluding hydrogens is 278 g/mol. The normalized spacial score (nSPS) is 10.5. The Hall–Kier alpha value is -2.36. The maximum Gasteiger partial charge on any atom is 0.224 e. The highest BCUT2D eigenvalue weighted by Crippen LogP contribution is 2.19. The third-order valence-corrected chi connectivity index (χ3v) is 3.61. The lowest BCUT2D eigenvalue weighted by atomic mass is 10.1. The van der Waals surface area contributed by atoms with E-state index < -0.39 is 0 Å². The molecule has 0 atom stereocenters. The smallest absolute Gasteiger partial charge is 0.224 e. The zero-order chi connectivity index (χ0) is 16.3. The van der Waals surface area contributed by atoms with E-state index in [4.69, 9.17) is 4.42 Å². The Morgan fingerprint density at radius 1 is 1.14 bits per heavy atom. The molecule has 0 saturated carbocycles. The first-order valence-electron chi connectivity index (χ1n) is 7.34. The van der Waals surface area contributed by atoms with E-state index in [-0.39, 0.29) is 11.7 Å². The Bertz CT molecular complexity index is 713. The SMILES string of the molecule is CC(=O)c1cc(CCC(=O)Nc2cc(C)ccc2C)oc1C. The Morgan fingerprint density at radius 2 is 1.86 bits per heavy atom. The zero-order valence-electron chi connectivity index (χ0n) is 13.4. The van der Waals surface area contributed by atoms with Crippen LogP contribution in [-0.4, -0.2) is 11.7 Å². The lowest BCUT2D eigenvalue weighted by Gasteiger charge is -2.08. The van der Waals surface area contributed by atoms with Crippen LogP contribution in [0.1, 0.15) is 46.3 Å². The summed E-state index contributed by atoms with van der Waals surface area (Å²) in [4.78, 5) is 23.4. The fourth-order valence-electron chi connectivity index (χ4n) is 2.34. The maximum atomic E-state index is 12.1. The summed E-state index contributed by atoms with van der Waals surface area (Å²) in [6, 6.07) is 7.68. The highest BCUT2D eigenvalue weighted by Gasteiger charge is 2.13. The number of hydrogen-bond donors (Lipinski definition) is 1. The van der Waals surface area contributed by atoms with Crippen LogP contribution in [0.4, 0.5) is 5.69 Å². The lowest BCUT2D eigenvalue weighted by Crippen LogP contribution is -2.13. The van der Waals surface area contributed by atoms with Crippen molar-refractivity contribution in [2.45, 2.75) is 40.5 Å². The first-order chi connectivity index (χ1) is 10.4. The summed E-state index contributed by atoms with van der Waals surface area (Å²) < 4.78 is 5.52. The third kappa shape index (κ3) is 3.85. The molecule has 0 spiro atoms. The number of hydrogen-bond acceptors (Lipinski definition) is 3. The molecule has 2 rings (SSSR count). The number of carbonyl (C=O) groups is 2. The predicted octanol–water partition coefficient (Wildman–Crippen LogP) is 3.98. The highest BCUT2D eigenvalue weighted by atomic mass is 16.3. The van der Waals surface area contributed by atoms with Gasteiger partial charge in [-0.1, -0.05) is 12.1 Å². The van der Waals surface area contributed by atoms with Gasteiger partial charge >= 0.3 is 0 Å². The van der Waals surface area contributed by atoms with Crippen molar-refractivity contribution in [1.82, 2.24) is 0 Å². The number of benzene rings is 1. The molecule has 4 nitrogen and oxygen atoms in total. The number of rotatable bonds is 5. The van der Waals surface area contributed by atoms with E-state index in [0.29, 0.717) is 29.9 Å². The van der Waals surface area contributed by atoms with E-state index in [0.717, 1.165) is 16.8 Å². The van der Waals surface area contributed by atoms with Crippen LogP contribution in [0.3, 0.4) is 0 Å². The minimum atomic E-state index is -0.0628. The molecule has 1 aromatic heterocycles. The van der Waals surface area contributed by atoms with Crippen molar-refractivity contribution in [3.8, 4) is 0 Å². The van der Waals surface area contributed by atoms with Gasteiger partial charge in [0, 0.05) is 18.5 Å². The van der Waals surface area contributed by atoms with E-state index in [2.05, 4.69) is 5.32 Å². The van der Waals surface area contributed by atoms with Crippen molar-refractivity contribution >= 4 is 17.4 Å². The van der Waals surface area contributed by atoms with Crippen molar-refractivity contribution in [3.05, 3.63) is 52.5 Å². The second kappa shape index (κ2) is 6.60. The van der Waals surface area contributed by atoms with Gasteiger partial charge in [-0.25, -0.2) is 0 Å². The number of amides is 1. The minimum Gasteiger partial charge on any atom is -0.466 e. The third-order valence-electron chi connectivity index (χ3n) is 3.61. The second-order valence-corrected chi connectivity index (χ2v) is 5.61. The number of aryl methyl sites for hydroxylation is 4. The minimum absolute atomic E-state index is 0.0210. The molecule has 0 unspecified atom stereocenters. The number of furan rings is 1. The number of carbonyl (C=O) groups excluding carboxylic acids is 2. The van der Waals surface area contributed by atoms with Gasteiger partial charge in [0.1, 0.15) is 11.5 Å². The first-order valence-corrected chi connectivity index (χ1v) is 7.34. The predicted molar refractivity (Wildman–Crippen MR) is 86.3 cm³/mol. The molecule has 0 aliphatic heterocycles. The molecular formula is C18H21NO3. The molecule has 1 aromatic carbocycles. The van der Waals surface area contributed by atoms with Gasteiger partial charge in [-0.05, 0) is 51.0 Å². The number of Topliss-reactive ketones (excluding diaryl/α,β-unsaturated/α-hetero) is 1. The maximum absolute atomic E-state index is 12.1. The Morgan fingerprint density at radius 3 is 2.50 bits per heavy atom. The standard InChI is InChI=1S/C18H21NO3/c1-11-5-6-12(2)17(9-11)19-18(21)8-7-15-10-16(13(3)20)14(4)22-15/h5-6,9-10H,7-8H2,1-4H3,(H,19,21). The van der Waals surface area contributed by atoms with Crippen LogP contribution in [0.5, 0.6) is 0 Å². The van der Waals surface area contributed by atoms with Crippen LogP contribution in [0.25, 0.3) is 0 Å². The van der Waals surface area contributed by atoms with Gasteiger partial charge < -0.3 is 9.73 Å². The molecule has 0 fully saturated rings. The molecule has 116 valence electrons. The van der Waals surface area contributed by atoms with Crippen molar-refractivity contribution in [2.75, 3.05) is 5.32 Å². The Kier molecular flexibility index (Phi) is 4.81. The van der Waals surface area contributed by atoms with Crippen LogP contribution in [0.15, 0.2) is 28.7 Å².